The Hall–Kier alpha value is -2.41. The zero-order chi connectivity index (χ0) is 13.8. The fourth-order valence-corrected chi connectivity index (χ4v) is 1.82. The lowest BCUT2D eigenvalue weighted by Gasteiger charge is -2.15. The summed E-state index contributed by atoms with van der Waals surface area (Å²) in [4.78, 5) is 0. The highest BCUT2D eigenvalue weighted by atomic mass is 19.1. The Bertz CT molecular complexity index is 612. The fourth-order valence-electron chi connectivity index (χ4n) is 1.82. The van der Waals surface area contributed by atoms with Crippen LogP contribution in [0.15, 0.2) is 42.5 Å². The van der Waals surface area contributed by atoms with Crippen LogP contribution in [0.1, 0.15) is 17.2 Å². The van der Waals surface area contributed by atoms with Crippen LogP contribution in [0.5, 0.6) is 0 Å². The van der Waals surface area contributed by atoms with Crippen molar-refractivity contribution in [3.05, 3.63) is 65.2 Å². The van der Waals surface area contributed by atoms with Gasteiger partial charge < -0.3 is 5.32 Å². The van der Waals surface area contributed by atoms with E-state index in [1.165, 1.54) is 0 Å². The molecule has 0 radical (unpaired) electrons. The smallest absolute Gasteiger partial charge is 0.140 e. The normalized spacial score (nSPS) is 11.7. The summed E-state index contributed by atoms with van der Waals surface area (Å²) in [5, 5.41) is 12.1. The standard InChI is InChI=1S/C15H12F2N2/c1-10-4-2-3-5-14(10)19-15(9-18)11-6-12(16)8-13(17)7-11/h2-8,15,19H,1H3. The predicted octanol–water partition coefficient (Wildman–Crippen LogP) is 3.95. The second kappa shape index (κ2) is 5.49. The Labute approximate surface area is 110 Å². The van der Waals surface area contributed by atoms with Crippen molar-refractivity contribution in [2.45, 2.75) is 13.0 Å². The van der Waals surface area contributed by atoms with Gasteiger partial charge in [-0.05, 0) is 36.2 Å². The van der Waals surface area contributed by atoms with E-state index in [1.807, 2.05) is 37.3 Å². The lowest BCUT2D eigenvalue weighted by atomic mass is 10.1. The number of benzene rings is 2. The zero-order valence-corrected chi connectivity index (χ0v) is 10.3. The largest absolute Gasteiger partial charge is 0.366 e. The summed E-state index contributed by atoms with van der Waals surface area (Å²) in [6, 6.07) is 11.7. The molecule has 2 aromatic rings. The quantitative estimate of drug-likeness (QED) is 0.904. The molecule has 0 spiro atoms. The Balaban J connectivity index is 2.31. The predicted molar refractivity (Wildman–Crippen MR) is 69.5 cm³/mol. The van der Waals surface area contributed by atoms with Crippen LogP contribution in [-0.2, 0) is 0 Å². The molecule has 0 fully saturated rings. The van der Waals surface area contributed by atoms with E-state index in [9.17, 15) is 8.78 Å². The molecule has 0 saturated heterocycles. The van der Waals surface area contributed by atoms with Crippen LogP contribution in [-0.4, -0.2) is 0 Å². The second-order valence-electron chi connectivity index (χ2n) is 4.22. The van der Waals surface area contributed by atoms with Crippen molar-refractivity contribution >= 4 is 5.69 Å². The number of halogens is 2. The van der Waals surface area contributed by atoms with Gasteiger partial charge in [0.05, 0.1) is 6.07 Å². The summed E-state index contributed by atoms with van der Waals surface area (Å²) in [6.45, 7) is 1.89. The van der Waals surface area contributed by atoms with Crippen molar-refractivity contribution in [2.75, 3.05) is 5.32 Å². The monoisotopic (exact) mass is 258 g/mol. The SMILES string of the molecule is Cc1ccccc1NC(C#N)c1cc(F)cc(F)c1. The van der Waals surface area contributed by atoms with E-state index in [0.29, 0.717) is 0 Å². The summed E-state index contributed by atoms with van der Waals surface area (Å²) >= 11 is 0. The molecule has 0 heterocycles. The molecule has 0 bridgehead atoms. The molecule has 1 atom stereocenters. The van der Waals surface area contributed by atoms with E-state index in [1.54, 1.807) is 0 Å². The Kier molecular flexibility index (Phi) is 3.76. The summed E-state index contributed by atoms with van der Waals surface area (Å²) in [5.41, 5.74) is 1.99. The first-order valence-electron chi connectivity index (χ1n) is 5.78. The Morgan fingerprint density at radius 3 is 2.32 bits per heavy atom. The van der Waals surface area contributed by atoms with Gasteiger partial charge in [-0.3, -0.25) is 0 Å². The molecule has 0 amide bonds. The molecule has 0 saturated carbocycles. The van der Waals surface area contributed by atoms with Crippen molar-refractivity contribution in [3.63, 3.8) is 0 Å². The molecular weight excluding hydrogens is 246 g/mol. The van der Waals surface area contributed by atoms with Gasteiger partial charge in [-0.25, -0.2) is 8.78 Å². The van der Waals surface area contributed by atoms with Gasteiger partial charge in [0.1, 0.15) is 17.7 Å². The van der Waals surface area contributed by atoms with Crippen molar-refractivity contribution < 1.29 is 8.78 Å². The molecule has 0 aliphatic heterocycles. The molecule has 2 nitrogen and oxygen atoms in total. The molecule has 1 unspecified atom stereocenters. The first kappa shape index (κ1) is 13.0. The van der Waals surface area contributed by atoms with Gasteiger partial charge in [0.15, 0.2) is 0 Å². The first-order chi connectivity index (χ1) is 9.10. The lowest BCUT2D eigenvalue weighted by Crippen LogP contribution is -2.10. The summed E-state index contributed by atoms with van der Waals surface area (Å²) in [7, 11) is 0. The summed E-state index contributed by atoms with van der Waals surface area (Å²) < 4.78 is 26.3. The van der Waals surface area contributed by atoms with Gasteiger partial charge in [0.25, 0.3) is 0 Å². The Morgan fingerprint density at radius 2 is 1.74 bits per heavy atom. The maximum Gasteiger partial charge on any atom is 0.140 e. The van der Waals surface area contributed by atoms with Crippen molar-refractivity contribution in [3.8, 4) is 6.07 Å². The number of nitrogens with one attached hydrogen (secondary N) is 1. The highest BCUT2D eigenvalue weighted by Crippen LogP contribution is 2.23. The molecule has 1 N–H and O–H groups in total. The Morgan fingerprint density at radius 1 is 1.11 bits per heavy atom. The molecule has 0 aliphatic carbocycles. The number of rotatable bonds is 3. The van der Waals surface area contributed by atoms with E-state index in [4.69, 9.17) is 5.26 Å². The van der Waals surface area contributed by atoms with Crippen LogP contribution in [0.25, 0.3) is 0 Å². The number of para-hydroxylation sites is 1. The van der Waals surface area contributed by atoms with Crippen LogP contribution in [0, 0.1) is 29.9 Å². The summed E-state index contributed by atoms with van der Waals surface area (Å²) in [6.07, 6.45) is 0. The average molecular weight is 258 g/mol. The number of aryl methyl sites for hydroxylation is 1. The molecule has 0 aliphatic rings. The van der Waals surface area contributed by atoms with Gasteiger partial charge >= 0.3 is 0 Å². The molecule has 2 aromatic carbocycles. The topological polar surface area (TPSA) is 35.8 Å². The number of hydrogen-bond donors (Lipinski definition) is 1. The average Bonchev–Trinajstić information content (AvgIpc) is 2.36. The highest BCUT2D eigenvalue weighted by Gasteiger charge is 2.13. The van der Waals surface area contributed by atoms with Crippen molar-refractivity contribution in [2.24, 2.45) is 0 Å². The minimum absolute atomic E-state index is 0.267. The van der Waals surface area contributed by atoms with Crippen LogP contribution in [0.4, 0.5) is 14.5 Å². The van der Waals surface area contributed by atoms with Crippen LogP contribution in [0.3, 0.4) is 0 Å². The van der Waals surface area contributed by atoms with E-state index in [2.05, 4.69) is 5.32 Å². The van der Waals surface area contributed by atoms with E-state index < -0.39 is 17.7 Å². The zero-order valence-electron chi connectivity index (χ0n) is 10.3. The van der Waals surface area contributed by atoms with Gasteiger partial charge in [-0.15, -0.1) is 0 Å². The highest BCUT2D eigenvalue weighted by molar-refractivity contribution is 5.53. The third-order valence-corrected chi connectivity index (χ3v) is 2.79. The summed E-state index contributed by atoms with van der Waals surface area (Å²) in [5.74, 6) is -1.39. The third-order valence-electron chi connectivity index (χ3n) is 2.79. The van der Waals surface area contributed by atoms with Gasteiger partial charge in [0.2, 0.25) is 0 Å². The number of nitrogens with zero attached hydrogens (tertiary/aromatic N) is 1. The van der Waals surface area contributed by atoms with Crippen LogP contribution in [0.2, 0.25) is 0 Å². The van der Waals surface area contributed by atoms with E-state index in [-0.39, 0.29) is 5.56 Å². The number of anilines is 1. The molecule has 96 valence electrons. The van der Waals surface area contributed by atoms with E-state index in [0.717, 1.165) is 29.4 Å². The first-order valence-corrected chi connectivity index (χ1v) is 5.78. The van der Waals surface area contributed by atoms with Crippen molar-refractivity contribution in [1.29, 1.82) is 5.26 Å². The molecule has 0 aromatic heterocycles. The van der Waals surface area contributed by atoms with Crippen LogP contribution >= 0.6 is 0 Å². The fraction of sp³-hybridized carbons (Fsp3) is 0.133. The van der Waals surface area contributed by atoms with Crippen molar-refractivity contribution in [1.82, 2.24) is 0 Å². The second-order valence-corrected chi connectivity index (χ2v) is 4.22. The van der Waals surface area contributed by atoms with Gasteiger partial charge in [0, 0.05) is 11.8 Å². The van der Waals surface area contributed by atoms with Gasteiger partial charge in [-0.1, -0.05) is 18.2 Å². The number of nitriles is 1. The van der Waals surface area contributed by atoms with E-state index >= 15 is 0 Å². The minimum Gasteiger partial charge on any atom is -0.366 e. The van der Waals surface area contributed by atoms with Gasteiger partial charge in [-0.2, -0.15) is 5.26 Å². The molecule has 19 heavy (non-hydrogen) atoms. The lowest BCUT2D eigenvalue weighted by molar-refractivity contribution is 0.579. The molecule has 2 rings (SSSR count). The minimum atomic E-state index is -0.800. The maximum absolute atomic E-state index is 13.2. The third kappa shape index (κ3) is 3.08. The van der Waals surface area contributed by atoms with Crippen LogP contribution < -0.4 is 5.32 Å². The molecular formula is C15H12F2N2. The maximum atomic E-state index is 13.2. The number of hydrogen-bond acceptors (Lipinski definition) is 2. The molecule has 4 heteroatoms.